The summed E-state index contributed by atoms with van der Waals surface area (Å²) in [6.45, 7) is 1.78. The first kappa shape index (κ1) is 16.4. The summed E-state index contributed by atoms with van der Waals surface area (Å²) in [5.74, 6) is -0.189. The third kappa shape index (κ3) is 4.51. The van der Waals surface area contributed by atoms with Crippen molar-refractivity contribution < 1.29 is 8.42 Å². The topological polar surface area (TPSA) is 46.2 Å². The van der Waals surface area contributed by atoms with Crippen molar-refractivity contribution in [3.05, 3.63) is 62.6 Å². The average molecular weight is 365 g/mol. The smallest absolute Gasteiger partial charge is 0.236 e. The summed E-state index contributed by atoms with van der Waals surface area (Å²) >= 11 is 17.5. The maximum Gasteiger partial charge on any atom is 0.236 e. The molecule has 0 heterocycles. The van der Waals surface area contributed by atoms with Gasteiger partial charge in [0.2, 0.25) is 10.0 Å². The number of halogens is 3. The van der Waals surface area contributed by atoms with Crippen molar-refractivity contribution in [1.82, 2.24) is 0 Å². The highest BCUT2D eigenvalue weighted by molar-refractivity contribution is 7.91. The van der Waals surface area contributed by atoms with E-state index in [1.165, 1.54) is 6.07 Å². The van der Waals surface area contributed by atoms with Crippen LogP contribution >= 0.6 is 34.8 Å². The zero-order valence-electron chi connectivity index (χ0n) is 11.0. The summed E-state index contributed by atoms with van der Waals surface area (Å²) < 4.78 is 26.9. The van der Waals surface area contributed by atoms with Gasteiger partial charge in [-0.2, -0.15) is 0 Å². The van der Waals surface area contributed by atoms with Gasteiger partial charge in [0, 0.05) is 5.02 Å². The van der Waals surface area contributed by atoms with Crippen molar-refractivity contribution >= 4 is 50.5 Å². The second kappa shape index (κ2) is 6.44. The van der Waals surface area contributed by atoms with Crippen LogP contribution in [0.25, 0.3) is 0 Å². The van der Waals surface area contributed by atoms with Crippen LogP contribution in [0.3, 0.4) is 0 Å². The first-order chi connectivity index (χ1) is 9.77. The summed E-state index contributed by atoms with van der Waals surface area (Å²) in [4.78, 5) is 0. The van der Waals surface area contributed by atoms with Gasteiger partial charge in [0.05, 0.1) is 21.5 Å². The number of benzene rings is 2. The molecule has 0 unspecified atom stereocenters. The van der Waals surface area contributed by atoms with Crippen LogP contribution in [0.15, 0.2) is 36.4 Å². The molecule has 3 nitrogen and oxygen atoms in total. The Bertz CT molecular complexity index is 776. The Kier molecular flexibility index (Phi) is 5.04. The van der Waals surface area contributed by atoms with Crippen LogP contribution in [0, 0.1) is 6.92 Å². The minimum absolute atomic E-state index is 0.189. The zero-order valence-corrected chi connectivity index (χ0v) is 14.1. The number of nitrogens with one attached hydrogen (secondary N) is 1. The highest BCUT2D eigenvalue weighted by Crippen LogP contribution is 2.25. The number of hydrogen-bond donors (Lipinski definition) is 1. The summed E-state index contributed by atoms with van der Waals surface area (Å²) in [6.07, 6.45) is 0. The molecule has 7 heteroatoms. The van der Waals surface area contributed by atoms with E-state index < -0.39 is 10.0 Å². The van der Waals surface area contributed by atoms with Gasteiger partial charge >= 0.3 is 0 Å². The normalized spacial score (nSPS) is 11.4. The van der Waals surface area contributed by atoms with E-state index in [0.717, 1.165) is 5.56 Å². The number of anilines is 1. The molecule has 0 spiro atoms. The summed E-state index contributed by atoms with van der Waals surface area (Å²) in [5, 5.41) is 1.27. The summed E-state index contributed by atoms with van der Waals surface area (Å²) in [7, 11) is -3.55. The molecular formula is C14H12Cl3NO2S. The maximum absolute atomic E-state index is 12.2. The van der Waals surface area contributed by atoms with E-state index in [4.69, 9.17) is 34.8 Å². The maximum atomic E-state index is 12.2. The minimum Gasteiger partial charge on any atom is -0.283 e. The molecule has 0 aliphatic heterocycles. The molecule has 2 rings (SSSR count). The van der Waals surface area contributed by atoms with Crippen LogP contribution in [0.1, 0.15) is 11.1 Å². The standard InChI is InChI=1S/C14H12Cl3NO2S/c1-9-6-11(15)3-5-14(9)18-21(19,20)8-10-2-4-12(16)13(17)7-10/h2-7,18H,8H2,1H3. The fourth-order valence-electron chi connectivity index (χ4n) is 1.79. The van der Waals surface area contributed by atoms with Crippen molar-refractivity contribution in [3.8, 4) is 0 Å². The fraction of sp³-hybridized carbons (Fsp3) is 0.143. The van der Waals surface area contributed by atoms with Crippen LogP contribution in [-0.4, -0.2) is 8.42 Å². The molecule has 0 aliphatic carbocycles. The third-order valence-corrected chi connectivity index (χ3v) is 5.01. The van der Waals surface area contributed by atoms with Crippen molar-refractivity contribution in [2.24, 2.45) is 0 Å². The lowest BCUT2D eigenvalue weighted by Crippen LogP contribution is -2.15. The lowest BCUT2D eigenvalue weighted by molar-refractivity contribution is 0.600. The number of hydrogen-bond acceptors (Lipinski definition) is 2. The van der Waals surface area contributed by atoms with Crippen LogP contribution in [0.2, 0.25) is 15.1 Å². The zero-order chi connectivity index (χ0) is 15.6. The lowest BCUT2D eigenvalue weighted by atomic mass is 10.2. The molecule has 0 fully saturated rings. The SMILES string of the molecule is Cc1cc(Cl)ccc1NS(=O)(=O)Cc1ccc(Cl)c(Cl)c1. The molecule has 0 aromatic heterocycles. The molecular weight excluding hydrogens is 353 g/mol. The molecule has 1 N–H and O–H groups in total. The highest BCUT2D eigenvalue weighted by Gasteiger charge is 2.14. The van der Waals surface area contributed by atoms with Gasteiger partial charge in [-0.15, -0.1) is 0 Å². The second-order valence-corrected chi connectivity index (χ2v) is 7.54. The Hall–Kier alpha value is -0.940. The van der Waals surface area contributed by atoms with Crippen molar-refractivity contribution in [3.63, 3.8) is 0 Å². The quantitative estimate of drug-likeness (QED) is 0.839. The molecule has 0 saturated carbocycles. The van der Waals surface area contributed by atoms with Gasteiger partial charge in [-0.25, -0.2) is 8.42 Å². The van der Waals surface area contributed by atoms with Gasteiger partial charge in [-0.1, -0.05) is 40.9 Å². The third-order valence-electron chi connectivity index (χ3n) is 2.79. The van der Waals surface area contributed by atoms with E-state index in [1.54, 1.807) is 37.3 Å². The number of sulfonamides is 1. The van der Waals surface area contributed by atoms with E-state index in [9.17, 15) is 8.42 Å². The molecule has 0 aliphatic rings. The number of aryl methyl sites for hydroxylation is 1. The first-order valence-electron chi connectivity index (χ1n) is 5.97. The Morgan fingerprint density at radius 1 is 1.00 bits per heavy atom. The average Bonchev–Trinajstić information content (AvgIpc) is 2.37. The molecule has 21 heavy (non-hydrogen) atoms. The van der Waals surface area contributed by atoms with Crippen LogP contribution in [-0.2, 0) is 15.8 Å². The van der Waals surface area contributed by atoms with Gasteiger partial charge < -0.3 is 0 Å². The van der Waals surface area contributed by atoms with Crippen molar-refractivity contribution in [2.75, 3.05) is 4.72 Å². The predicted molar refractivity (Wildman–Crippen MR) is 88.9 cm³/mol. The second-order valence-electron chi connectivity index (χ2n) is 4.57. The minimum atomic E-state index is -3.55. The molecule has 112 valence electrons. The molecule has 0 saturated heterocycles. The Labute approximate surface area is 138 Å². The van der Waals surface area contributed by atoms with Crippen LogP contribution in [0.5, 0.6) is 0 Å². The molecule has 0 bridgehead atoms. The van der Waals surface area contributed by atoms with Crippen molar-refractivity contribution in [1.29, 1.82) is 0 Å². The Balaban J connectivity index is 2.20. The van der Waals surface area contributed by atoms with Gasteiger partial charge in [-0.05, 0) is 48.4 Å². The van der Waals surface area contributed by atoms with E-state index in [0.29, 0.717) is 26.3 Å². The lowest BCUT2D eigenvalue weighted by Gasteiger charge is -2.11. The summed E-state index contributed by atoms with van der Waals surface area (Å²) in [6, 6.07) is 9.69. The molecule has 0 amide bonds. The monoisotopic (exact) mass is 363 g/mol. The fourth-order valence-corrected chi connectivity index (χ4v) is 3.60. The molecule has 2 aromatic carbocycles. The molecule has 0 radical (unpaired) electrons. The van der Waals surface area contributed by atoms with Gasteiger partial charge in [-0.3, -0.25) is 4.72 Å². The number of rotatable bonds is 4. The molecule has 2 aromatic rings. The predicted octanol–water partition coefficient (Wildman–Crippen LogP) is 4.90. The van der Waals surface area contributed by atoms with E-state index >= 15 is 0 Å². The van der Waals surface area contributed by atoms with E-state index in [-0.39, 0.29) is 5.75 Å². The highest BCUT2D eigenvalue weighted by atomic mass is 35.5. The van der Waals surface area contributed by atoms with E-state index in [2.05, 4.69) is 4.72 Å². The van der Waals surface area contributed by atoms with Gasteiger partial charge in [0.25, 0.3) is 0 Å². The van der Waals surface area contributed by atoms with Gasteiger partial charge in [0.15, 0.2) is 0 Å². The van der Waals surface area contributed by atoms with Crippen molar-refractivity contribution in [2.45, 2.75) is 12.7 Å². The van der Waals surface area contributed by atoms with Gasteiger partial charge in [0.1, 0.15) is 0 Å². The van der Waals surface area contributed by atoms with Crippen LogP contribution in [0.4, 0.5) is 5.69 Å². The van der Waals surface area contributed by atoms with E-state index in [1.807, 2.05) is 0 Å². The largest absolute Gasteiger partial charge is 0.283 e. The van der Waals surface area contributed by atoms with Crippen LogP contribution < -0.4 is 4.72 Å². The summed E-state index contributed by atoms with van der Waals surface area (Å²) in [5.41, 5.74) is 1.81. The first-order valence-corrected chi connectivity index (χ1v) is 8.76. The Morgan fingerprint density at radius 2 is 1.71 bits per heavy atom. The Morgan fingerprint density at radius 3 is 2.33 bits per heavy atom. The molecule has 0 atom stereocenters.